The van der Waals surface area contributed by atoms with Gasteiger partial charge in [0, 0.05) is 6.07 Å². The molecule has 21 heavy (non-hydrogen) atoms. The van der Waals surface area contributed by atoms with Crippen molar-refractivity contribution < 1.29 is 4.74 Å². The van der Waals surface area contributed by atoms with Crippen LogP contribution in [0.15, 0.2) is 72.8 Å². The highest BCUT2D eigenvalue weighted by Gasteiger charge is 2.01. The lowest BCUT2D eigenvalue weighted by molar-refractivity contribution is 0.463. The maximum Gasteiger partial charge on any atom is 0.220 e. The largest absolute Gasteiger partial charge is 0.439 e. The Morgan fingerprint density at radius 2 is 1.48 bits per heavy atom. The number of pyridine rings is 1. The third kappa shape index (κ3) is 3.83. The maximum atomic E-state index is 5.84. The number of aromatic nitrogens is 1. The Kier molecular flexibility index (Phi) is 4.17. The fourth-order valence-electron chi connectivity index (χ4n) is 2.07. The molecular formula is C18H14ClNO. The molecule has 0 saturated heterocycles. The zero-order valence-corrected chi connectivity index (χ0v) is 12.1. The Morgan fingerprint density at radius 1 is 0.762 bits per heavy atom. The molecule has 0 N–H and O–H groups in total. The first-order valence-electron chi connectivity index (χ1n) is 6.73. The average molecular weight is 296 g/mol. The van der Waals surface area contributed by atoms with E-state index in [9.17, 15) is 0 Å². The van der Waals surface area contributed by atoms with Crippen LogP contribution in [0.3, 0.4) is 0 Å². The van der Waals surface area contributed by atoms with Gasteiger partial charge in [-0.15, -0.1) is 0 Å². The summed E-state index contributed by atoms with van der Waals surface area (Å²) in [6, 6.07) is 23.7. The van der Waals surface area contributed by atoms with Gasteiger partial charge < -0.3 is 4.74 Å². The highest BCUT2D eigenvalue weighted by molar-refractivity contribution is 6.29. The molecule has 2 nitrogen and oxygen atoms in total. The van der Waals surface area contributed by atoms with Crippen molar-refractivity contribution in [1.29, 1.82) is 0 Å². The van der Waals surface area contributed by atoms with E-state index < -0.39 is 0 Å². The molecule has 3 rings (SSSR count). The van der Waals surface area contributed by atoms with Crippen LogP contribution in [-0.2, 0) is 6.42 Å². The van der Waals surface area contributed by atoms with Gasteiger partial charge in [-0.3, -0.25) is 0 Å². The summed E-state index contributed by atoms with van der Waals surface area (Å²) < 4.78 is 5.67. The zero-order valence-electron chi connectivity index (χ0n) is 11.4. The average Bonchev–Trinajstić information content (AvgIpc) is 2.50. The number of hydrogen-bond acceptors (Lipinski definition) is 2. The molecule has 0 fully saturated rings. The van der Waals surface area contributed by atoms with Gasteiger partial charge in [0.1, 0.15) is 10.9 Å². The Morgan fingerprint density at radius 3 is 2.19 bits per heavy atom. The van der Waals surface area contributed by atoms with E-state index in [2.05, 4.69) is 41.4 Å². The van der Waals surface area contributed by atoms with Crippen LogP contribution in [0.5, 0.6) is 11.6 Å². The molecule has 104 valence electrons. The van der Waals surface area contributed by atoms with Gasteiger partial charge in [-0.2, -0.15) is 0 Å². The zero-order chi connectivity index (χ0) is 14.5. The van der Waals surface area contributed by atoms with Crippen LogP contribution in [0.4, 0.5) is 0 Å². The van der Waals surface area contributed by atoms with Crippen molar-refractivity contribution >= 4 is 11.6 Å². The summed E-state index contributed by atoms with van der Waals surface area (Å²) in [6.07, 6.45) is 0.913. The predicted octanol–water partition coefficient (Wildman–Crippen LogP) is 5.12. The topological polar surface area (TPSA) is 22.1 Å². The molecule has 0 saturated carbocycles. The molecule has 0 aliphatic heterocycles. The quantitative estimate of drug-likeness (QED) is 0.623. The number of nitrogens with zero attached hydrogens (tertiary/aromatic N) is 1. The third-order valence-electron chi connectivity index (χ3n) is 3.09. The number of halogens is 1. The summed E-state index contributed by atoms with van der Waals surface area (Å²) in [5.74, 6) is 1.25. The van der Waals surface area contributed by atoms with Gasteiger partial charge in [-0.25, -0.2) is 4.98 Å². The smallest absolute Gasteiger partial charge is 0.220 e. The van der Waals surface area contributed by atoms with Gasteiger partial charge in [0.2, 0.25) is 5.88 Å². The van der Waals surface area contributed by atoms with Crippen molar-refractivity contribution in [2.45, 2.75) is 6.42 Å². The van der Waals surface area contributed by atoms with Crippen LogP contribution in [0, 0.1) is 0 Å². The standard InChI is InChI=1S/C18H14ClNO/c19-17-7-4-8-18(20-17)21-16-11-9-15(10-12-16)13-14-5-2-1-3-6-14/h1-12H,13H2. The van der Waals surface area contributed by atoms with Crippen molar-refractivity contribution in [2.75, 3.05) is 0 Å². The van der Waals surface area contributed by atoms with E-state index in [1.807, 2.05) is 24.3 Å². The van der Waals surface area contributed by atoms with E-state index in [0.717, 1.165) is 12.2 Å². The molecular weight excluding hydrogens is 282 g/mol. The predicted molar refractivity (Wildman–Crippen MR) is 85.0 cm³/mol. The first-order valence-corrected chi connectivity index (χ1v) is 7.11. The molecule has 1 heterocycles. The molecule has 3 heteroatoms. The van der Waals surface area contributed by atoms with Crippen LogP contribution in [0.25, 0.3) is 0 Å². The van der Waals surface area contributed by atoms with Crippen LogP contribution in [0.2, 0.25) is 5.15 Å². The molecule has 0 radical (unpaired) electrons. The van der Waals surface area contributed by atoms with E-state index >= 15 is 0 Å². The second-order valence-electron chi connectivity index (χ2n) is 4.71. The lowest BCUT2D eigenvalue weighted by Crippen LogP contribution is -1.90. The monoisotopic (exact) mass is 295 g/mol. The molecule has 0 atom stereocenters. The van der Waals surface area contributed by atoms with E-state index in [4.69, 9.17) is 16.3 Å². The lowest BCUT2D eigenvalue weighted by Gasteiger charge is -2.06. The first kappa shape index (κ1) is 13.7. The van der Waals surface area contributed by atoms with Crippen molar-refractivity contribution in [1.82, 2.24) is 4.98 Å². The normalized spacial score (nSPS) is 10.3. The van der Waals surface area contributed by atoms with Gasteiger partial charge in [0.25, 0.3) is 0 Å². The molecule has 0 aliphatic carbocycles. The van der Waals surface area contributed by atoms with Crippen molar-refractivity contribution in [3.05, 3.63) is 89.1 Å². The molecule has 1 aromatic heterocycles. The molecule has 3 aromatic rings. The summed E-state index contributed by atoms with van der Waals surface area (Å²) in [5.41, 5.74) is 2.54. The summed E-state index contributed by atoms with van der Waals surface area (Å²) in [6.45, 7) is 0. The number of benzene rings is 2. The van der Waals surface area contributed by atoms with Gasteiger partial charge in [0.05, 0.1) is 0 Å². The van der Waals surface area contributed by atoms with E-state index in [1.54, 1.807) is 12.1 Å². The number of rotatable bonds is 4. The minimum atomic E-state index is 0.424. The molecule has 0 amide bonds. The Balaban J connectivity index is 1.69. The molecule has 0 aliphatic rings. The SMILES string of the molecule is Clc1cccc(Oc2ccc(Cc3ccccc3)cc2)n1. The highest BCUT2D eigenvalue weighted by atomic mass is 35.5. The minimum Gasteiger partial charge on any atom is -0.439 e. The highest BCUT2D eigenvalue weighted by Crippen LogP contribution is 2.22. The molecule has 0 bridgehead atoms. The van der Waals surface area contributed by atoms with Gasteiger partial charge in [0.15, 0.2) is 0 Å². The number of hydrogen-bond donors (Lipinski definition) is 0. The van der Waals surface area contributed by atoms with Gasteiger partial charge in [-0.1, -0.05) is 60.1 Å². The molecule has 0 unspecified atom stereocenters. The van der Waals surface area contributed by atoms with Gasteiger partial charge in [-0.05, 0) is 35.7 Å². The molecule has 2 aromatic carbocycles. The van der Waals surface area contributed by atoms with Crippen LogP contribution in [0.1, 0.15) is 11.1 Å². The Bertz CT molecular complexity index is 711. The second kappa shape index (κ2) is 6.42. The van der Waals surface area contributed by atoms with Crippen LogP contribution in [-0.4, -0.2) is 4.98 Å². The van der Waals surface area contributed by atoms with Crippen molar-refractivity contribution in [2.24, 2.45) is 0 Å². The van der Waals surface area contributed by atoms with E-state index in [0.29, 0.717) is 11.0 Å². The van der Waals surface area contributed by atoms with Crippen LogP contribution < -0.4 is 4.74 Å². The summed E-state index contributed by atoms with van der Waals surface area (Å²) in [5, 5.41) is 0.424. The Labute approximate surface area is 129 Å². The minimum absolute atomic E-state index is 0.424. The summed E-state index contributed by atoms with van der Waals surface area (Å²) in [7, 11) is 0. The first-order chi connectivity index (χ1) is 10.3. The maximum absolute atomic E-state index is 5.84. The summed E-state index contributed by atoms with van der Waals surface area (Å²) in [4.78, 5) is 4.10. The molecule has 0 spiro atoms. The van der Waals surface area contributed by atoms with Gasteiger partial charge >= 0.3 is 0 Å². The summed E-state index contributed by atoms with van der Waals surface area (Å²) >= 11 is 5.84. The van der Waals surface area contributed by atoms with E-state index in [1.165, 1.54) is 11.1 Å². The Hall–Kier alpha value is -2.32. The third-order valence-corrected chi connectivity index (χ3v) is 3.30. The number of ether oxygens (including phenoxy) is 1. The fraction of sp³-hybridized carbons (Fsp3) is 0.0556. The van der Waals surface area contributed by atoms with Crippen LogP contribution >= 0.6 is 11.6 Å². The lowest BCUT2D eigenvalue weighted by atomic mass is 10.1. The fourth-order valence-corrected chi connectivity index (χ4v) is 2.23. The van der Waals surface area contributed by atoms with Crippen molar-refractivity contribution in [3.8, 4) is 11.6 Å². The second-order valence-corrected chi connectivity index (χ2v) is 5.09. The van der Waals surface area contributed by atoms with E-state index in [-0.39, 0.29) is 0 Å². The van der Waals surface area contributed by atoms with Crippen molar-refractivity contribution in [3.63, 3.8) is 0 Å².